The Bertz CT molecular complexity index is 730. The number of ether oxygens (including phenoxy) is 1. The van der Waals surface area contributed by atoms with Crippen LogP contribution in [0.1, 0.15) is 17.2 Å². The Labute approximate surface area is 130 Å². The van der Waals surface area contributed by atoms with Gasteiger partial charge in [-0.2, -0.15) is 4.31 Å². The van der Waals surface area contributed by atoms with Crippen LogP contribution in [0.2, 0.25) is 0 Å². The highest BCUT2D eigenvalue weighted by Crippen LogP contribution is 2.26. The fourth-order valence-corrected chi connectivity index (χ4v) is 3.86. The number of morpholine rings is 1. The Morgan fingerprint density at radius 1 is 1.23 bits per heavy atom. The molecule has 1 aliphatic rings. The van der Waals surface area contributed by atoms with Crippen molar-refractivity contribution in [2.24, 2.45) is 0 Å². The van der Waals surface area contributed by atoms with Crippen molar-refractivity contribution in [3.63, 3.8) is 0 Å². The first-order valence-electron chi connectivity index (χ1n) is 7.16. The van der Waals surface area contributed by atoms with Gasteiger partial charge in [0.05, 0.1) is 12.7 Å². The molecule has 3 rings (SSSR count). The average molecular weight is 318 g/mol. The van der Waals surface area contributed by atoms with Crippen LogP contribution in [0.4, 0.5) is 0 Å². The van der Waals surface area contributed by atoms with Gasteiger partial charge in [0.1, 0.15) is 4.90 Å². The molecule has 6 heteroatoms. The first-order chi connectivity index (χ1) is 10.6. The number of pyridine rings is 1. The highest BCUT2D eigenvalue weighted by molar-refractivity contribution is 7.89. The molecule has 0 aliphatic carbocycles. The predicted octanol–water partition coefficient (Wildman–Crippen LogP) is 2.15. The van der Waals surface area contributed by atoms with Crippen LogP contribution in [0.3, 0.4) is 0 Å². The number of hydrogen-bond acceptors (Lipinski definition) is 4. The van der Waals surface area contributed by atoms with E-state index in [4.69, 9.17) is 4.74 Å². The van der Waals surface area contributed by atoms with Crippen LogP contribution < -0.4 is 0 Å². The summed E-state index contributed by atoms with van der Waals surface area (Å²) in [5.74, 6) is 0. The van der Waals surface area contributed by atoms with E-state index in [1.54, 1.807) is 18.3 Å². The second kappa shape index (κ2) is 6.16. The van der Waals surface area contributed by atoms with Crippen LogP contribution in [0.25, 0.3) is 0 Å². The fraction of sp³-hybridized carbons (Fsp3) is 0.312. The topological polar surface area (TPSA) is 59.5 Å². The zero-order chi connectivity index (χ0) is 15.6. The van der Waals surface area contributed by atoms with E-state index in [0.29, 0.717) is 19.7 Å². The monoisotopic (exact) mass is 318 g/mol. The quantitative estimate of drug-likeness (QED) is 0.870. The van der Waals surface area contributed by atoms with Crippen LogP contribution in [0, 0.1) is 6.92 Å². The number of hydrogen-bond donors (Lipinski definition) is 0. The van der Waals surface area contributed by atoms with Gasteiger partial charge in [-0.1, -0.05) is 29.8 Å². The molecule has 0 N–H and O–H groups in total. The molecule has 1 aliphatic heterocycles. The van der Waals surface area contributed by atoms with Gasteiger partial charge in [-0.05, 0) is 24.6 Å². The normalized spacial score (nSPS) is 20.0. The van der Waals surface area contributed by atoms with Crippen molar-refractivity contribution in [2.45, 2.75) is 17.9 Å². The van der Waals surface area contributed by atoms with Gasteiger partial charge in [0.15, 0.2) is 0 Å². The summed E-state index contributed by atoms with van der Waals surface area (Å²) in [5, 5.41) is 0. The number of rotatable bonds is 3. The Kier molecular flexibility index (Phi) is 4.24. The summed E-state index contributed by atoms with van der Waals surface area (Å²) < 4.78 is 32.5. The summed E-state index contributed by atoms with van der Waals surface area (Å²) in [6.07, 6.45) is 2.71. The molecule has 116 valence electrons. The van der Waals surface area contributed by atoms with Crippen LogP contribution in [0.15, 0.2) is 53.7 Å². The van der Waals surface area contributed by atoms with E-state index in [1.165, 1.54) is 16.1 Å². The fourth-order valence-electron chi connectivity index (χ4n) is 2.48. The lowest BCUT2D eigenvalue weighted by atomic mass is 10.1. The van der Waals surface area contributed by atoms with Gasteiger partial charge < -0.3 is 4.74 Å². The molecule has 5 nitrogen and oxygen atoms in total. The predicted molar refractivity (Wildman–Crippen MR) is 82.9 cm³/mol. The molecule has 1 fully saturated rings. The maximum absolute atomic E-state index is 12.6. The molecule has 1 saturated heterocycles. The molecule has 2 aromatic rings. The molecule has 1 aromatic heterocycles. The van der Waals surface area contributed by atoms with Gasteiger partial charge >= 0.3 is 0 Å². The summed E-state index contributed by atoms with van der Waals surface area (Å²) in [5.41, 5.74) is 2.16. The first-order valence-corrected chi connectivity index (χ1v) is 8.60. The molecular formula is C16H18N2O3S. The summed E-state index contributed by atoms with van der Waals surface area (Å²) in [6, 6.07) is 11.2. The van der Waals surface area contributed by atoms with E-state index in [0.717, 1.165) is 5.56 Å². The Morgan fingerprint density at radius 2 is 2.00 bits per heavy atom. The van der Waals surface area contributed by atoms with Crippen LogP contribution in [-0.2, 0) is 14.8 Å². The van der Waals surface area contributed by atoms with E-state index < -0.39 is 10.0 Å². The minimum atomic E-state index is -3.52. The van der Waals surface area contributed by atoms with Crippen molar-refractivity contribution in [3.8, 4) is 0 Å². The van der Waals surface area contributed by atoms with Gasteiger partial charge in [0, 0.05) is 25.5 Å². The van der Waals surface area contributed by atoms with Crippen LogP contribution in [-0.4, -0.2) is 37.4 Å². The van der Waals surface area contributed by atoms with E-state index in [9.17, 15) is 8.42 Å². The largest absolute Gasteiger partial charge is 0.371 e. The second-order valence-electron chi connectivity index (χ2n) is 5.32. The van der Waals surface area contributed by atoms with Crippen molar-refractivity contribution in [3.05, 3.63) is 59.9 Å². The molecule has 1 aromatic carbocycles. The van der Waals surface area contributed by atoms with Crippen LogP contribution in [0.5, 0.6) is 0 Å². The first kappa shape index (κ1) is 15.1. The number of nitrogens with zero attached hydrogens (tertiary/aromatic N) is 2. The molecule has 0 radical (unpaired) electrons. The summed E-state index contributed by atoms with van der Waals surface area (Å²) in [7, 11) is -3.52. The number of sulfonamides is 1. The second-order valence-corrected chi connectivity index (χ2v) is 7.26. The molecule has 22 heavy (non-hydrogen) atoms. The number of aromatic nitrogens is 1. The standard InChI is InChI=1S/C16H18N2O3S/c1-13-4-6-14(7-5-13)16-12-18(9-10-21-16)22(19,20)15-3-2-8-17-11-15/h2-8,11,16H,9-10,12H2,1H3. The van der Waals surface area contributed by atoms with Gasteiger partial charge in [-0.3, -0.25) is 4.98 Å². The van der Waals surface area contributed by atoms with E-state index in [2.05, 4.69) is 4.98 Å². The Balaban J connectivity index is 1.82. The molecule has 0 spiro atoms. The minimum absolute atomic E-state index is 0.222. The molecule has 0 amide bonds. The highest BCUT2D eigenvalue weighted by Gasteiger charge is 2.31. The van der Waals surface area contributed by atoms with Crippen molar-refractivity contribution >= 4 is 10.0 Å². The maximum Gasteiger partial charge on any atom is 0.244 e. The van der Waals surface area contributed by atoms with Crippen LogP contribution >= 0.6 is 0 Å². The maximum atomic E-state index is 12.6. The molecule has 1 unspecified atom stereocenters. The van der Waals surface area contributed by atoms with Gasteiger partial charge in [0.2, 0.25) is 10.0 Å². The molecule has 2 heterocycles. The van der Waals surface area contributed by atoms with E-state index in [-0.39, 0.29) is 11.0 Å². The third kappa shape index (κ3) is 3.04. The lowest BCUT2D eigenvalue weighted by Crippen LogP contribution is -2.42. The molecular weight excluding hydrogens is 300 g/mol. The number of benzene rings is 1. The van der Waals surface area contributed by atoms with Gasteiger partial charge in [0.25, 0.3) is 0 Å². The smallest absolute Gasteiger partial charge is 0.244 e. The Morgan fingerprint density at radius 3 is 2.68 bits per heavy atom. The Hall–Kier alpha value is -1.76. The summed E-state index contributed by atoms with van der Waals surface area (Å²) >= 11 is 0. The average Bonchev–Trinajstić information content (AvgIpc) is 2.56. The van der Waals surface area contributed by atoms with Crippen molar-refractivity contribution in [1.29, 1.82) is 0 Å². The highest BCUT2D eigenvalue weighted by atomic mass is 32.2. The molecule has 0 bridgehead atoms. The zero-order valence-electron chi connectivity index (χ0n) is 12.3. The van der Waals surface area contributed by atoms with Crippen molar-refractivity contribution in [1.82, 2.24) is 9.29 Å². The lowest BCUT2D eigenvalue weighted by Gasteiger charge is -2.32. The number of aryl methyl sites for hydroxylation is 1. The third-order valence-corrected chi connectivity index (χ3v) is 5.60. The van der Waals surface area contributed by atoms with Gasteiger partial charge in [-0.15, -0.1) is 0 Å². The van der Waals surface area contributed by atoms with Crippen molar-refractivity contribution in [2.75, 3.05) is 19.7 Å². The summed E-state index contributed by atoms with van der Waals surface area (Å²) in [6.45, 7) is 3.09. The molecule has 1 atom stereocenters. The minimum Gasteiger partial charge on any atom is -0.371 e. The van der Waals surface area contributed by atoms with E-state index in [1.807, 2.05) is 31.2 Å². The van der Waals surface area contributed by atoms with E-state index >= 15 is 0 Å². The third-order valence-electron chi connectivity index (χ3n) is 3.75. The molecule has 0 saturated carbocycles. The van der Waals surface area contributed by atoms with Gasteiger partial charge in [-0.25, -0.2) is 8.42 Å². The summed E-state index contributed by atoms with van der Waals surface area (Å²) in [4.78, 5) is 4.12. The lowest BCUT2D eigenvalue weighted by molar-refractivity contribution is -0.00256. The SMILES string of the molecule is Cc1ccc(C2CN(S(=O)(=O)c3cccnc3)CCO2)cc1. The zero-order valence-corrected chi connectivity index (χ0v) is 13.2. The van der Waals surface area contributed by atoms with Crippen molar-refractivity contribution < 1.29 is 13.2 Å².